The molecule has 0 amide bonds. The molecule has 0 aromatic carbocycles. The summed E-state index contributed by atoms with van der Waals surface area (Å²) in [5, 5.41) is 0. The molecule has 5 heteroatoms. The first-order chi connectivity index (χ1) is 6.97. The van der Waals surface area contributed by atoms with E-state index in [1.54, 1.807) is 6.66 Å². The molecule has 0 aromatic heterocycles. The predicted octanol–water partition coefficient (Wildman–Crippen LogP) is 1.87. The highest BCUT2D eigenvalue weighted by molar-refractivity contribution is 7.55. The fourth-order valence-electron chi connectivity index (χ4n) is 1.91. The van der Waals surface area contributed by atoms with Crippen molar-refractivity contribution in [2.45, 2.75) is 26.8 Å². The molecule has 1 unspecified atom stereocenters. The van der Waals surface area contributed by atoms with E-state index >= 15 is 0 Å². The minimum atomic E-state index is -2.52. The average molecular weight is 234 g/mol. The maximum Gasteiger partial charge on any atom is 0.269 e. The molecule has 0 aliphatic carbocycles. The number of rotatable bonds is 4. The third kappa shape index (κ3) is 3.56. The van der Waals surface area contributed by atoms with Crippen LogP contribution in [0.25, 0.3) is 0 Å². The van der Waals surface area contributed by atoms with Crippen molar-refractivity contribution in [3.05, 3.63) is 0 Å². The van der Waals surface area contributed by atoms with E-state index in [1.807, 2.05) is 11.6 Å². The lowest BCUT2D eigenvalue weighted by Crippen LogP contribution is -2.47. The lowest BCUT2D eigenvalue weighted by atomic mass is 10.3. The molecule has 1 heterocycles. The van der Waals surface area contributed by atoms with Crippen molar-refractivity contribution in [1.82, 2.24) is 9.57 Å². The van der Waals surface area contributed by atoms with Crippen molar-refractivity contribution >= 4 is 7.52 Å². The molecule has 90 valence electrons. The second-order valence-corrected chi connectivity index (χ2v) is 6.73. The largest absolute Gasteiger partial charge is 0.318 e. The molecule has 0 saturated carbocycles. The van der Waals surface area contributed by atoms with Gasteiger partial charge in [-0.3, -0.25) is 9.46 Å². The van der Waals surface area contributed by atoms with Crippen LogP contribution in [0.1, 0.15) is 20.8 Å². The third-order valence-electron chi connectivity index (χ3n) is 2.90. The lowest BCUT2D eigenvalue weighted by molar-refractivity contribution is 0.141. The summed E-state index contributed by atoms with van der Waals surface area (Å²) in [5.74, 6) is 0. The normalized spacial score (nSPS) is 24.3. The van der Waals surface area contributed by atoms with Crippen LogP contribution >= 0.6 is 7.52 Å². The van der Waals surface area contributed by atoms with Crippen molar-refractivity contribution in [3.63, 3.8) is 0 Å². The Morgan fingerprint density at radius 2 is 1.80 bits per heavy atom. The van der Waals surface area contributed by atoms with Crippen molar-refractivity contribution in [2.75, 3.05) is 39.5 Å². The Morgan fingerprint density at radius 3 is 2.20 bits per heavy atom. The molecule has 1 atom stereocenters. The van der Waals surface area contributed by atoms with Gasteiger partial charge >= 0.3 is 0 Å². The van der Waals surface area contributed by atoms with Crippen molar-refractivity contribution in [3.8, 4) is 0 Å². The smallest absolute Gasteiger partial charge is 0.269 e. The standard InChI is InChI=1S/C10H23N2O2P/c1-5-14-15(4,13)12-8-6-11(7-9-12)10(2)3/h10H,5-9H2,1-4H3. The zero-order valence-electron chi connectivity index (χ0n) is 10.3. The highest BCUT2D eigenvalue weighted by atomic mass is 31.2. The maximum atomic E-state index is 12.1. The van der Waals surface area contributed by atoms with Crippen LogP contribution < -0.4 is 0 Å². The van der Waals surface area contributed by atoms with Crippen LogP contribution in [0.4, 0.5) is 0 Å². The Morgan fingerprint density at radius 1 is 1.27 bits per heavy atom. The Labute approximate surface area is 93.1 Å². The summed E-state index contributed by atoms with van der Waals surface area (Å²) in [6.45, 7) is 12.2. The first kappa shape index (κ1) is 13.2. The number of hydrogen-bond donors (Lipinski definition) is 0. The van der Waals surface area contributed by atoms with Crippen molar-refractivity contribution < 1.29 is 9.09 Å². The van der Waals surface area contributed by atoms with Gasteiger partial charge in [-0.05, 0) is 20.8 Å². The molecule has 1 aliphatic heterocycles. The van der Waals surface area contributed by atoms with Gasteiger partial charge in [0.2, 0.25) is 0 Å². The van der Waals surface area contributed by atoms with Gasteiger partial charge < -0.3 is 4.52 Å². The highest BCUT2D eigenvalue weighted by Gasteiger charge is 2.29. The molecule has 0 spiro atoms. The first-order valence-electron chi connectivity index (χ1n) is 5.69. The van der Waals surface area contributed by atoms with E-state index in [0.29, 0.717) is 12.6 Å². The topological polar surface area (TPSA) is 32.8 Å². The van der Waals surface area contributed by atoms with E-state index in [-0.39, 0.29) is 0 Å². The zero-order valence-corrected chi connectivity index (χ0v) is 11.2. The molecular formula is C10H23N2O2P. The van der Waals surface area contributed by atoms with Gasteiger partial charge in [0, 0.05) is 38.9 Å². The zero-order chi connectivity index (χ0) is 11.5. The predicted molar refractivity (Wildman–Crippen MR) is 63.4 cm³/mol. The fraction of sp³-hybridized carbons (Fsp3) is 1.00. The van der Waals surface area contributed by atoms with Gasteiger partial charge in [0.25, 0.3) is 7.52 Å². The molecule has 1 saturated heterocycles. The fourth-order valence-corrected chi connectivity index (χ4v) is 3.46. The van der Waals surface area contributed by atoms with Crippen molar-refractivity contribution in [1.29, 1.82) is 0 Å². The molecule has 0 bridgehead atoms. The van der Waals surface area contributed by atoms with Gasteiger partial charge in [-0.1, -0.05) is 0 Å². The SMILES string of the molecule is CCOP(C)(=O)N1CCN(C(C)C)CC1. The molecule has 0 aromatic rings. The summed E-state index contributed by atoms with van der Waals surface area (Å²) in [7, 11) is -2.52. The van der Waals surface area contributed by atoms with Gasteiger partial charge in [0.05, 0.1) is 6.61 Å². The summed E-state index contributed by atoms with van der Waals surface area (Å²) >= 11 is 0. The molecule has 15 heavy (non-hydrogen) atoms. The van der Waals surface area contributed by atoms with E-state index in [4.69, 9.17) is 4.52 Å². The van der Waals surface area contributed by atoms with Gasteiger partial charge in [0.1, 0.15) is 0 Å². The Kier molecular flexibility index (Phi) is 4.78. The minimum Gasteiger partial charge on any atom is -0.318 e. The van der Waals surface area contributed by atoms with E-state index in [0.717, 1.165) is 26.2 Å². The van der Waals surface area contributed by atoms with Crippen LogP contribution in [-0.2, 0) is 9.09 Å². The van der Waals surface area contributed by atoms with Crippen LogP contribution in [0, 0.1) is 0 Å². The van der Waals surface area contributed by atoms with Gasteiger partial charge in [-0.15, -0.1) is 0 Å². The van der Waals surface area contributed by atoms with Crippen LogP contribution in [0.2, 0.25) is 0 Å². The van der Waals surface area contributed by atoms with Crippen LogP contribution in [0.5, 0.6) is 0 Å². The van der Waals surface area contributed by atoms with Gasteiger partial charge in [-0.25, -0.2) is 4.67 Å². The summed E-state index contributed by atoms with van der Waals surface area (Å²) < 4.78 is 19.5. The quantitative estimate of drug-likeness (QED) is 0.695. The molecule has 4 nitrogen and oxygen atoms in total. The summed E-state index contributed by atoms with van der Waals surface area (Å²) in [6, 6.07) is 0.579. The maximum absolute atomic E-state index is 12.1. The van der Waals surface area contributed by atoms with E-state index < -0.39 is 7.52 Å². The van der Waals surface area contributed by atoms with Gasteiger partial charge in [0.15, 0.2) is 0 Å². The lowest BCUT2D eigenvalue weighted by Gasteiger charge is -2.38. The van der Waals surface area contributed by atoms with Gasteiger partial charge in [-0.2, -0.15) is 0 Å². The third-order valence-corrected chi connectivity index (χ3v) is 5.07. The summed E-state index contributed by atoms with van der Waals surface area (Å²) in [5.41, 5.74) is 0. The van der Waals surface area contributed by atoms with E-state index in [9.17, 15) is 4.57 Å². The molecular weight excluding hydrogens is 211 g/mol. The second-order valence-electron chi connectivity index (χ2n) is 4.30. The number of nitrogens with zero attached hydrogens (tertiary/aromatic N) is 2. The Balaban J connectivity index is 2.46. The number of hydrogen-bond acceptors (Lipinski definition) is 3. The Hall–Kier alpha value is 0.110. The molecule has 0 radical (unpaired) electrons. The second kappa shape index (κ2) is 5.44. The van der Waals surface area contributed by atoms with Crippen LogP contribution in [0.3, 0.4) is 0 Å². The van der Waals surface area contributed by atoms with E-state index in [1.165, 1.54) is 0 Å². The average Bonchev–Trinajstić information content (AvgIpc) is 2.18. The Bertz CT molecular complexity index is 238. The molecule has 1 fully saturated rings. The summed E-state index contributed by atoms with van der Waals surface area (Å²) in [4.78, 5) is 2.41. The van der Waals surface area contributed by atoms with Crippen LogP contribution in [0.15, 0.2) is 0 Å². The van der Waals surface area contributed by atoms with Crippen LogP contribution in [-0.4, -0.2) is 55.1 Å². The molecule has 1 aliphatic rings. The molecule has 0 N–H and O–H groups in total. The summed E-state index contributed by atoms with van der Waals surface area (Å²) in [6.07, 6.45) is 0. The molecule has 1 rings (SSSR count). The van der Waals surface area contributed by atoms with E-state index in [2.05, 4.69) is 18.7 Å². The number of piperazine rings is 1. The highest BCUT2D eigenvalue weighted by Crippen LogP contribution is 2.46. The first-order valence-corrected chi connectivity index (χ1v) is 7.71. The van der Waals surface area contributed by atoms with Crippen molar-refractivity contribution in [2.24, 2.45) is 0 Å². The minimum absolute atomic E-state index is 0.526. The monoisotopic (exact) mass is 234 g/mol.